The smallest absolute Gasteiger partial charge is 0.263 e. The van der Waals surface area contributed by atoms with Crippen molar-refractivity contribution in [3.8, 4) is 5.75 Å². The normalized spacial score (nSPS) is 14.0. The molecule has 0 radical (unpaired) electrons. The first-order chi connectivity index (χ1) is 14.1. The summed E-state index contributed by atoms with van der Waals surface area (Å²) >= 11 is 0. The fourth-order valence-corrected chi connectivity index (χ4v) is 4.32. The van der Waals surface area contributed by atoms with Gasteiger partial charge in [-0.2, -0.15) is 0 Å². The average Bonchev–Trinajstić information content (AvgIpc) is 3.01. The molecule has 1 heterocycles. The first-order valence-corrected chi connectivity index (χ1v) is 9.85. The fourth-order valence-electron chi connectivity index (χ4n) is 4.32. The predicted molar refractivity (Wildman–Crippen MR) is 117 cm³/mol. The largest absolute Gasteiger partial charge is 0.497 e. The number of carbonyl (C=O) groups is 1. The van der Waals surface area contributed by atoms with Gasteiger partial charge in [0.05, 0.1) is 25.4 Å². The summed E-state index contributed by atoms with van der Waals surface area (Å²) in [5, 5.41) is 4.57. The minimum absolute atomic E-state index is 0.0988. The van der Waals surface area contributed by atoms with Gasteiger partial charge in [0.15, 0.2) is 6.67 Å². The van der Waals surface area contributed by atoms with Crippen LogP contribution in [-0.4, -0.2) is 26.7 Å². The number of benzene rings is 4. The van der Waals surface area contributed by atoms with Gasteiger partial charge in [-0.25, -0.2) is 0 Å². The van der Waals surface area contributed by atoms with Gasteiger partial charge >= 0.3 is 0 Å². The number of carbonyl (C=O) groups excluding carboxylic acids is 1. The van der Waals surface area contributed by atoms with E-state index in [1.165, 1.54) is 21.2 Å². The Morgan fingerprint density at radius 3 is 2.48 bits per heavy atom. The maximum atomic E-state index is 13.0. The number of nitrogens with one attached hydrogen (secondary N) is 1. The van der Waals surface area contributed by atoms with Crippen LogP contribution >= 0.6 is 0 Å². The first-order valence-electron chi connectivity index (χ1n) is 9.85. The molecule has 1 aliphatic heterocycles. The van der Waals surface area contributed by atoms with E-state index < -0.39 is 0 Å². The number of anilines is 1. The van der Waals surface area contributed by atoms with Crippen LogP contribution in [0, 0.1) is 0 Å². The molecule has 4 nitrogen and oxygen atoms in total. The molecule has 0 saturated heterocycles. The highest BCUT2D eigenvalue weighted by molar-refractivity contribution is 6.24. The van der Waals surface area contributed by atoms with Crippen molar-refractivity contribution in [1.29, 1.82) is 0 Å². The molecule has 0 spiro atoms. The van der Waals surface area contributed by atoms with Crippen LogP contribution in [0.5, 0.6) is 5.75 Å². The first kappa shape index (κ1) is 17.7. The number of fused-ring (bicyclic) bond motifs is 1. The Morgan fingerprint density at radius 1 is 0.897 bits per heavy atom. The molecular formula is C25H23N2O2+. The molecule has 1 unspecified atom stereocenters. The van der Waals surface area contributed by atoms with Gasteiger partial charge in [0, 0.05) is 10.9 Å². The van der Waals surface area contributed by atoms with Crippen LogP contribution in [0.4, 0.5) is 5.69 Å². The van der Waals surface area contributed by atoms with Crippen LogP contribution < -0.4 is 14.5 Å². The summed E-state index contributed by atoms with van der Waals surface area (Å²) in [5.41, 5.74) is 3.08. The van der Waals surface area contributed by atoms with Crippen LogP contribution in [0.3, 0.4) is 0 Å². The van der Waals surface area contributed by atoms with Crippen molar-refractivity contribution in [3.05, 3.63) is 83.9 Å². The summed E-state index contributed by atoms with van der Waals surface area (Å²) in [6.45, 7) is 1.48. The zero-order valence-corrected chi connectivity index (χ0v) is 16.6. The van der Waals surface area contributed by atoms with Gasteiger partial charge in [0.2, 0.25) is 0 Å². The lowest BCUT2D eigenvalue weighted by Gasteiger charge is -2.22. The highest BCUT2D eigenvalue weighted by Gasteiger charge is 2.31. The van der Waals surface area contributed by atoms with E-state index in [9.17, 15) is 4.79 Å². The molecule has 0 bridgehead atoms. The van der Waals surface area contributed by atoms with Crippen molar-refractivity contribution in [1.82, 2.24) is 0 Å². The minimum atomic E-state index is 0.0988. The molecule has 1 aliphatic rings. The molecule has 0 fully saturated rings. The van der Waals surface area contributed by atoms with Gasteiger partial charge in [-0.1, -0.05) is 42.5 Å². The number of hydrogen-bond donors (Lipinski definition) is 1. The molecule has 4 aromatic carbocycles. The molecule has 0 saturated carbocycles. The van der Waals surface area contributed by atoms with Crippen LogP contribution in [0.1, 0.15) is 15.9 Å². The molecular weight excluding hydrogens is 360 g/mol. The van der Waals surface area contributed by atoms with Crippen molar-refractivity contribution >= 4 is 33.1 Å². The van der Waals surface area contributed by atoms with Gasteiger partial charge in [-0.15, -0.1) is 0 Å². The SMILES string of the molecule is COc1ccc2cc(C[NH+](C)CN3C(=O)c4cccc5cccc3c45)ccc2c1. The Hall–Kier alpha value is -3.37. The van der Waals surface area contributed by atoms with Gasteiger partial charge in [0.1, 0.15) is 12.3 Å². The lowest BCUT2D eigenvalue weighted by Crippen LogP contribution is -3.09. The van der Waals surface area contributed by atoms with Gasteiger partial charge in [0.25, 0.3) is 5.91 Å². The van der Waals surface area contributed by atoms with E-state index in [-0.39, 0.29) is 5.91 Å². The van der Waals surface area contributed by atoms with Crippen molar-refractivity contribution in [3.63, 3.8) is 0 Å². The topological polar surface area (TPSA) is 34.0 Å². The summed E-state index contributed by atoms with van der Waals surface area (Å²) in [5.74, 6) is 0.969. The number of hydrogen-bond acceptors (Lipinski definition) is 2. The molecule has 29 heavy (non-hydrogen) atoms. The third-order valence-electron chi connectivity index (χ3n) is 5.69. The summed E-state index contributed by atoms with van der Waals surface area (Å²) in [4.78, 5) is 16.2. The Kier molecular flexibility index (Phi) is 4.22. The highest BCUT2D eigenvalue weighted by Crippen LogP contribution is 2.36. The molecule has 1 atom stereocenters. The Balaban J connectivity index is 1.37. The van der Waals surface area contributed by atoms with Crippen molar-refractivity contribution in [2.45, 2.75) is 6.54 Å². The summed E-state index contributed by atoms with van der Waals surface area (Å²) in [7, 11) is 3.82. The van der Waals surface area contributed by atoms with E-state index in [1.54, 1.807) is 7.11 Å². The zero-order valence-electron chi connectivity index (χ0n) is 16.6. The van der Waals surface area contributed by atoms with Gasteiger partial charge in [-0.05, 0) is 46.5 Å². The van der Waals surface area contributed by atoms with Crippen molar-refractivity contribution in [2.24, 2.45) is 0 Å². The number of quaternary nitrogens is 1. The number of ether oxygens (including phenoxy) is 1. The van der Waals surface area contributed by atoms with Crippen LogP contribution in [0.15, 0.2) is 72.8 Å². The van der Waals surface area contributed by atoms with E-state index in [2.05, 4.69) is 49.5 Å². The minimum Gasteiger partial charge on any atom is -0.497 e. The molecule has 4 aromatic rings. The van der Waals surface area contributed by atoms with Crippen LogP contribution in [-0.2, 0) is 6.54 Å². The lowest BCUT2D eigenvalue weighted by atomic mass is 10.1. The van der Waals surface area contributed by atoms with Gasteiger partial charge in [-0.3, -0.25) is 9.69 Å². The molecule has 0 aromatic heterocycles. The second-order valence-electron chi connectivity index (χ2n) is 7.75. The van der Waals surface area contributed by atoms with Crippen LogP contribution in [0.25, 0.3) is 21.5 Å². The number of rotatable bonds is 5. The molecule has 0 aliphatic carbocycles. The summed E-state index contributed by atoms with van der Waals surface area (Å²) in [6.07, 6.45) is 0. The third kappa shape index (κ3) is 3.02. The van der Waals surface area contributed by atoms with Crippen molar-refractivity contribution < 1.29 is 14.4 Å². The standard InChI is InChI=1S/C25H22N2O2/c1-26(15-17-9-10-20-14-21(29-2)12-11-19(20)13-17)16-27-23-8-4-6-18-5-3-7-22(24(18)23)25(27)28/h3-14H,15-16H2,1-2H3/p+1. The van der Waals surface area contributed by atoms with E-state index in [0.717, 1.165) is 34.3 Å². The Labute approximate surface area is 169 Å². The second kappa shape index (κ2) is 6.90. The number of amides is 1. The molecule has 144 valence electrons. The van der Waals surface area contributed by atoms with Gasteiger partial charge < -0.3 is 9.64 Å². The monoisotopic (exact) mass is 383 g/mol. The highest BCUT2D eigenvalue weighted by atomic mass is 16.5. The number of nitrogens with zero attached hydrogens (tertiary/aromatic N) is 1. The van der Waals surface area contributed by atoms with E-state index in [1.807, 2.05) is 35.2 Å². The van der Waals surface area contributed by atoms with Crippen LogP contribution in [0.2, 0.25) is 0 Å². The molecule has 4 heteroatoms. The maximum absolute atomic E-state index is 13.0. The maximum Gasteiger partial charge on any atom is 0.263 e. The molecule has 5 rings (SSSR count). The summed E-state index contributed by atoms with van der Waals surface area (Å²) in [6, 6.07) is 24.8. The Morgan fingerprint density at radius 2 is 1.66 bits per heavy atom. The molecule has 1 N–H and O–H groups in total. The zero-order chi connectivity index (χ0) is 20.0. The average molecular weight is 383 g/mol. The van der Waals surface area contributed by atoms with E-state index >= 15 is 0 Å². The Bertz CT molecular complexity index is 1240. The fraction of sp³-hybridized carbons (Fsp3) is 0.160. The second-order valence-corrected chi connectivity index (χ2v) is 7.75. The molecule has 1 amide bonds. The van der Waals surface area contributed by atoms with Crippen molar-refractivity contribution in [2.75, 3.05) is 25.7 Å². The van der Waals surface area contributed by atoms with E-state index in [0.29, 0.717) is 6.67 Å². The lowest BCUT2D eigenvalue weighted by molar-refractivity contribution is -0.892. The summed E-state index contributed by atoms with van der Waals surface area (Å²) < 4.78 is 5.31. The van der Waals surface area contributed by atoms with E-state index in [4.69, 9.17) is 4.74 Å². The predicted octanol–water partition coefficient (Wildman–Crippen LogP) is 3.63. The quantitative estimate of drug-likeness (QED) is 0.571. The number of methoxy groups -OCH3 is 1. The third-order valence-corrected chi connectivity index (χ3v) is 5.69.